The average molecular weight is 598 g/mol. The molecule has 5 heterocycles. The van der Waals surface area contributed by atoms with Crippen LogP contribution in [0.15, 0.2) is 91.5 Å². The summed E-state index contributed by atoms with van der Waals surface area (Å²) in [6, 6.07) is 22.4. The zero-order valence-electron chi connectivity index (χ0n) is 17.2. The number of hydrogen-bond donors (Lipinski definition) is 0. The number of fused-ring (bicyclic) bond motifs is 10. The Morgan fingerprint density at radius 1 is 0.562 bits per heavy atom. The quantitative estimate of drug-likeness (QED) is 0.399. The van der Waals surface area contributed by atoms with Crippen LogP contribution in [0.2, 0.25) is 0 Å². The van der Waals surface area contributed by atoms with Crippen LogP contribution in [-0.2, 0) is 21.1 Å². The summed E-state index contributed by atoms with van der Waals surface area (Å²) in [5.41, 5.74) is 1.01. The van der Waals surface area contributed by atoms with Crippen LogP contribution in [0.5, 0.6) is 0 Å². The molecular formula is C22H19B2N7Pt. The number of anilines is 5. The van der Waals surface area contributed by atoms with Crippen molar-refractivity contribution in [2.75, 3.05) is 27.6 Å². The largest absolute Gasteiger partial charge is 0.402 e. The van der Waals surface area contributed by atoms with Crippen molar-refractivity contribution < 1.29 is 21.1 Å². The summed E-state index contributed by atoms with van der Waals surface area (Å²) in [7, 11) is 4.16. The van der Waals surface area contributed by atoms with E-state index in [0.29, 0.717) is 0 Å². The summed E-state index contributed by atoms with van der Waals surface area (Å²) in [5.74, 6) is 3.34. The number of para-hydroxylation sites is 1. The van der Waals surface area contributed by atoms with Gasteiger partial charge in [-0.2, -0.15) is 0 Å². The number of aromatic nitrogens is 2. The first-order chi connectivity index (χ1) is 15.3. The molecule has 2 aromatic heterocycles. The third-order valence-corrected chi connectivity index (χ3v) is 5.44. The Morgan fingerprint density at radius 3 is 1.59 bits per heavy atom. The molecule has 2 radical (unpaired) electrons. The van der Waals surface area contributed by atoms with Gasteiger partial charge in [0.05, 0.1) is 0 Å². The second-order valence-electron chi connectivity index (χ2n) is 7.50. The van der Waals surface area contributed by atoms with Gasteiger partial charge < -0.3 is 19.2 Å². The van der Waals surface area contributed by atoms with E-state index in [9.17, 15) is 0 Å². The van der Waals surface area contributed by atoms with Gasteiger partial charge in [0.15, 0.2) is 0 Å². The first-order valence-electron chi connectivity index (χ1n) is 10.3. The first kappa shape index (κ1) is 20.7. The van der Waals surface area contributed by atoms with Crippen LogP contribution in [0, 0.1) is 0 Å². The molecule has 10 heteroatoms. The Hall–Kier alpha value is -3.18. The summed E-state index contributed by atoms with van der Waals surface area (Å²) in [6.07, 6.45) is 8.24. The minimum atomic E-state index is 0. The first-order valence-corrected chi connectivity index (χ1v) is 10.3. The molecule has 32 heavy (non-hydrogen) atoms. The molecule has 3 aliphatic rings. The van der Waals surface area contributed by atoms with Gasteiger partial charge in [0.2, 0.25) is 0 Å². The normalized spacial score (nSPS) is 16.2. The van der Waals surface area contributed by atoms with Gasteiger partial charge in [-0.25, -0.2) is 9.97 Å². The summed E-state index contributed by atoms with van der Waals surface area (Å²) in [5, 5.41) is 0. The number of benzene rings is 1. The summed E-state index contributed by atoms with van der Waals surface area (Å²) >= 11 is 0. The van der Waals surface area contributed by atoms with Gasteiger partial charge in [-0.1, -0.05) is 30.3 Å². The molecule has 0 amide bonds. The SMILES string of the molecule is [B]1N2C=CN1c1cccc(n1)N(c1ccccc1)c1cccc(n1)N1[B]N(C=C1)CC2.[Pt]. The van der Waals surface area contributed by atoms with Crippen LogP contribution in [0.4, 0.5) is 29.0 Å². The number of rotatable bonds is 1. The maximum atomic E-state index is 4.98. The Kier molecular flexibility index (Phi) is 5.66. The molecular weight excluding hydrogens is 579 g/mol. The standard InChI is InChI=1S/C22H19B2N7.Pt/c1-2-6-18(7-3-1)31-21-10-4-8-19(25-21)29-16-14-27(23-29)12-13-28-15-17-30(24-28)20-9-5-11-22(31)26-20;/h1-11,14-17H,12-13H2;. The molecule has 158 valence electrons. The van der Waals surface area contributed by atoms with Gasteiger partial charge in [-0.15, -0.1) is 0 Å². The number of hydrogen-bond acceptors (Lipinski definition) is 7. The molecule has 0 saturated carbocycles. The molecule has 0 N–H and O–H groups in total. The van der Waals surface area contributed by atoms with Gasteiger partial charge >= 0.3 is 15.1 Å². The minimum Gasteiger partial charge on any atom is -0.402 e. The fourth-order valence-electron chi connectivity index (χ4n) is 3.87. The van der Waals surface area contributed by atoms with Gasteiger partial charge in [0.25, 0.3) is 0 Å². The van der Waals surface area contributed by atoms with Gasteiger partial charge in [0, 0.05) is 64.6 Å². The molecule has 1 aromatic carbocycles. The molecule has 6 rings (SSSR count). The van der Waals surface area contributed by atoms with E-state index in [2.05, 4.69) is 54.2 Å². The smallest absolute Gasteiger partial charge is 0.396 e. The van der Waals surface area contributed by atoms with Gasteiger partial charge in [-0.05, 0) is 36.4 Å². The van der Waals surface area contributed by atoms with Crippen LogP contribution in [-0.4, -0.2) is 47.8 Å². The zero-order valence-corrected chi connectivity index (χ0v) is 19.4. The van der Waals surface area contributed by atoms with Crippen LogP contribution < -0.4 is 14.5 Å². The van der Waals surface area contributed by atoms with Crippen molar-refractivity contribution in [1.82, 2.24) is 19.6 Å². The predicted molar refractivity (Wildman–Crippen MR) is 125 cm³/mol. The van der Waals surface area contributed by atoms with E-state index in [1.165, 1.54) is 0 Å². The van der Waals surface area contributed by atoms with E-state index in [1.807, 2.05) is 76.6 Å². The molecule has 0 fully saturated rings. The number of pyridine rings is 2. The zero-order chi connectivity index (χ0) is 20.6. The van der Waals surface area contributed by atoms with E-state index >= 15 is 0 Å². The molecule has 7 nitrogen and oxygen atoms in total. The molecule has 0 aliphatic carbocycles. The fraction of sp³-hybridized carbons (Fsp3) is 0.0909. The number of nitrogens with zero attached hydrogens (tertiary/aromatic N) is 7. The van der Waals surface area contributed by atoms with E-state index in [1.54, 1.807) is 0 Å². The van der Waals surface area contributed by atoms with Crippen molar-refractivity contribution in [1.29, 1.82) is 0 Å². The van der Waals surface area contributed by atoms with Crippen molar-refractivity contribution >= 4 is 44.1 Å². The molecule has 8 bridgehead atoms. The van der Waals surface area contributed by atoms with E-state index < -0.39 is 0 Å². The fourth-order valence-corrected chi connectivity index (χ4v) is 3.87. The Morgan fingerprint density at radius 2 is 1.06 bits per heavy atom. The Labute approximate surface area is 203 Å². The summed E-state index contributed by atoms with van der Waals surface area (Å²) in [6.45, 7) is 1.73. The third-order valence-electron chi connectivity index (χ3n) is 5.44. The van der Waals surface area contributed by atoms with E-state index in [4.69, 9.17) is 9.97 Å². The maximum Gasteiger partial charge on any atom is 0.396 e. The maximum absolute atomic E-state index is 4.98. The minimum absolute atomic E-state index is 0. The summed E-state index contributed by atoms with van der Waals surface area (Å²) in [4.78, 5) is 20.5. The predicted octanol–water partition coefficient (Wildman–Crippen LogP) is 3.21. The van der Waals surface area contributed by atoms with Crippen molar-refractivity contribution in [3.8, 4) is 0 Å². The second-order valence-corrected chi connectivity index (χ2v) is 7.50. The van der Waals surface area contributed by atoms with E-state index in [0.717, 1.165) is 42.0 Å². The molecule has 0 saturated heterocycles. The summed E-state index contributed by atoms with van der Waals surface area (Å²) < 4.78 is 0. The van der Waals surface area contributed by atoms with Gasteiger partial charge in [-0.3, -0.25) is 4.90 Å². The van der Waals surface area contributed by atoms with Crippen molar-refractivity contribution in [2.24, 2.45) is 0 Å². The Balaban J connectivity index is 0.00000216. The monoisotopic (exact) mass is 598 g/mol. The average Bonchev–Trinajstić information content (AvgIpc) is 3.49. The van der Waals surface area contributed by atoms with Crippen molar-refractivity contribution in [3.05, 3.63) is 91.5 Å². The topological polar surface area (TPSA) is 42.0 Å². The van der Waals surface area contributed by atoms with Crippen LogP contribution in [0.25, 0.3) is 0 Å². The van der Waals surface area contributed by atoms with Crippen molar-refractivity contribution in [3.63, 3.8) is 0 Å². The molecule has 0 spiro atoms. The molecule has 3 aromatic rings. The molecule has 3 aliphatic heterocycles. The van der Waals surface area contributed by atoms with Crippen LogP contribution in [0.3, 0.4) is 0 Å². The molecule has 0 unspecified atom stereocenters. The van der Waals surface area contributed by atoms with E-state index in [-0.39, 0.29) is 21.1 Å². The molecule has 0 atom stereocenters. The van der Waals surface area contributed by atoms with Crippen molar-refractivity contribution in [2.45, 2.75) is 0 Å². The Bertz CT molecular complexity index is 1090. The third kappa shape index (κ3) is 3.89. The van der Waals surface area contributed by atoms with Crippen LogP contribution in [0.1, 0.15) is 0 Å². The van der Waals surface area contributed by atoms with Crippen LogP contribution >= 0.6 is 0 Å². The van der Waals surface area contributed by atoms with Gasteiger partial charge in [0.1, 0.15) is 23.3 Å². The second kappa shape index (κ2) is 8.75.